The van der Waals surface area contributed by atoms with E-state index in [-0.39, 0.29) is 17.7 Å². The minimum Gasteiger partial charge on any atom is -0.481 e. The summed E-state index contributed by atoms with van der Waals surface area (Å²) in [7, 11) is 0. The quantitative estimate of drug-likeness (QED) is 0.835. The van der Waals surface area contributed by atoms with Crippen LogP contribution in [0.2, 0.25) is 0 Å². The third-order valence-corrected chi connectivity index (χ3v) is 3.85. The Morgan fingerprint density at radius 3 is 2.62 bits per heavy atom. The Morgan fingerprint density at radius 1 is 1.19 bits per heavy atom. The minimum atomic E-state index is -0.760. The van der Waals surface area contributed by atoms with E-state index in [2.05, 4.69) is 17.2 Å². The van der Waals surface area contributed by atoms with E-state index in [1.807, 2.05) is 30.3 Å². The summed E-state index contributed by atoms with van der Waals surface area (Å²) in [5, 5.41) is 11.9. The van der Waals surface area contributed by atoms with Gasteiger partial charge in [-0.2, -0.15) is 0 Å². The molecule has 2 atom stereocenters. The molecule has 1 aromatic rings. The fraction of sp³-hybridized carbons (Fsp3) is 0.412. The third kappa shape index (κ3) is 4.64. The highest BCUT2D eigenvalue weighted by Crippen LogP contribution is 2.29. The molecule has 110 valence electrons. The number of hydrogen-bond donors (Lipinski definition) is 2. The van der Waals surface area contributed by atoms with Gasteiger partial charge in [0.05, 0.1) is 5.92 Å². The van der Waals surface area contributed by atoms with Crippen molar-refractivity contribution in [1.29, 1.82) is 0 Å². The Hall–Kier alpha value is -2.28. The summed E-state index contributed by atoms with van der Waals surface area (Å²) >= 11 is 0. The number of hydrogen-bond acceptors (Lipinski definition) is 2. The van der Waals surface area contributed by atoms with Gasteiger partial charge in [-0.15, -0.1) is 0 Å². The first-order chi connectivity index (χ1) is 10.2. The van der Waals surface area contributed by atoms with Crippen LogP contribution in [-0.4, -0.2) is 23.5 Å². The second-order valence-electron chi connectivity index (χ2n) is 5.32. The maximum Gasteiger partial charge on any atom is 0.306 e. The van der Waals surface area contributed by atoms with Crippen molar-refractivity contribution in [2.75, 3.05) is 6.54 Å². The molecule has 0 heterocycles. The molecule has 1 aliphatic carbocycles. The Bertz CT molecular complexity index is 556. The van der Waals surface area contributed by atoms with Gasteiger partial charge in [0.2, 0.25) is 0 Å². The van der Waals surface area contributed by atoms with Crippen molar-refractivity contribution in [3.8, 4) is 11.8 Å². The van der Waals surface area contributed by atoms with Crippen molar-refractivity contribution in [2.24, 2.45) is 11.8 Å². The Kier molecular flexibility index (Phi) is 5.39. The van der Waals surface area contributed by atoms with Crippen molar-refractivity contribution in [2.45, 2.75) is 25.7 Å². The molecule has 0 bridgehead atoms. The van der Waals surface area contributed by atoms with Crippen LogP contribution in [-0.2, 0) is 9.59 Å². The molecule has 1 saturated carbocycles. The molecule has 0 aromatic heterocycles. The van der Waals surface area contributed by atoms with E-state index < -0.39 is 5.97 Å². The number of carboxylic acid groups (broad SMARTS) is 1. The standard InChI is InChI=1S/C17H19NO3/c19-16(11-10-13-6-2-1-3-7-13)18-12-14-8-4-5-9-15(14)17(20)21/h1-3,6-7,14-15H,4-5,8-9,12H2,(H,18,19)(H,20,21). The van der Waals surface area contributed by atoms with Crippen LogP contribution in [0, 0.1) is 23.7 Å². The maximum absolute atomic E-state index is 11.7. The number of nitrogens with one attached hydrogen (secondary N) is 1. The lowest BCUT2D eigenvalue weighted by Crippen LogP contribution is -2.36. The van der Waals surface area contributed by atoms with Crippen molar-refractivity contribution in [1.82, 2.24) is 5.32 Å². The van der Waals surface area contributed by atoms with Crippen LogP contribution < -0.4 is 5.32 Å². The summed E-state index contributed by atoms with van der Waals surface area (Å²) in [6.07, 6.45) is 3.53. The number of rotatable bonds is 3. The highest BCUT2D eigenvalue weighted by atomic mass is 16.4. The third-order valence-electron chi connectivity index (χ3n) is 3.85. The van der Waals surface area contributed by atoms with Crippen LogP contribution in [0.15, 0.2) is 30.3 Å². The smallest absolute Gasteiger partial charge is 0.306 e. The first kappa shape index (κ1) is 15.1. The molecule has 4 nitrogen and oxygen atoms in total. The molecule has 0 aliphatic heterocycles. The number of benzene rings is 1. The molecule has 0 saturated heterocycles. The van der Waals surface area contributed by atoms with Gasteiger partial charge >= 0.3 is 5.97 Å². The molecule has 0 spiro atoms. The zero-order valence-corrected chi connectivity index (χ0v) is 11.8. The van der Waals surface area contributed by atoms with Gasteiger partial charge in [-0.25, -0.2) is 0 Å². The van der Waals surface area contributed by atoms with Gasteiger partial charge in [0.25, 0.3) is 5.91 Å². The van der Waals surface area contributed by atoms with Crippen LogP contribution >= 0.6 is 0 Å². The molecule has 1 amide bonds. The minimum absolute atomic E-state index is 0.0127. The fourth-order valence-corrected chi connectivity index (χ4v) is 2.70. The van der Waals surface area contributed by atoms with Crippen LogP contribution in [0.4, 0.5) is 0 Å². The number of carboxylic acids is 1. The lowest BCUT2D eigenvalue weighted by molar-refractivity contribution is -0.145. The summed E-state index contributed by atoms with van der Waals surface area (Å²) in [6.45, 7) is 0.388. The molecular formula is C17H19NO3. The topological polar surface area (TPSA) is 66.4 Å². The second-order valence-corrected chi connectivity index (χ2v) is 5.32. The van der Waals surface area contributed by atoms with Gasteiger partial charge in [0.15, 0.2) is 0 Å². The monoisotopic (exact) mass is 285 g/mol. The molecule has 1 aliphatic rings. The molecule has 21 heavy (non-hydrogen) atoms. The Labute approximate surface area is 124 Å². The van der Waals surface area contributed by atoms with Crippen LogP contribution in [0.1, 0.15) is 31.2 Å². The molecule has 1 fully saturated rings. The van der Waals surface area contributed by atoms with E-state index in [1.165, 1.54) is 0 Å². The zero-order valence-electron chi connectivity index (χ0n) is 11.8. The summed E-state index contributed by atoms with van der Waals surface area (Å²) < 4.78 is 0. The molecule has 2 N–H and O–H groups in total. The molecular weight excluding hydrogens is 266 g/mol. The number of carbonyl (C=O) groups is 2. The van der Waals surface area contributed by atoms with Crippen molar-refractivity contribution in [3.63, 3.8) is 0 Å². The van der Waals surface area contributed by atoms with E-state index in [1.54, 1.807) is 0 Å². The molecule has 2 rings (SSSR count). The summed E-state index contributed by atoms with van der Waals surface area (Å²) in [6, 6.07) is 9.28. The first-order valence-electron chi connectivity index (χ1n) is 7.24. The van der Waals surface area contributed by atoms with Gasteiger partial charge in [-0.1, -0.05) is 37.0 Å². The van der Waals surface area contributed by atoms with Gasteiger partial charge in [0, 0.05) is 18.0 Å². The van der Waals surface area contributed by atoms with E-state index in [4.69, 9.17) is 0 Å². The molecule has 2 unspecified atom stereocenters. The van der Waals surface area contributed by atoms with E-state index in [9.17, 15) is 14.7 Å². The van der Waals surface area contributed by atoms with Gasteiger partial charge in [-0.05, 0) is 30.9 Å². The van der Waals surface area contributed by atoms with Gasteiger partial charge in [-0.3, -0.25) is 9.59 Å². The van der Waals surface area contributed by atoms with Crippen LogP contribution in [0.25, 0.3) is 0 Å². The van der Waals surface area contributed by atoms with E-state index in [0.29, 0.717) is 13.0 Å². The molecule has 0 radical (unpaired) electrons. The highest BCUT2D eigenvalue weighted by molar-refractivity contribution is 5.94. The van der Waals surface area contributed by atoms with Crippen molar-refractivity contribution in [3.05, 3.63) is 35.9 Å². The summed E-state index contributed by atoms with van der Waals surface area (Å²) in [4.78, 5) is 22.9. The number of carbonyl (C=O) groups excluding carboxylic acids is 1. The van der Waals surface area contributed by atoms with Crippen LogP contribution in [0.3, 0.4) is 0 Å². The van der Waals surface area contributed by atoms with Crippen LogP contribution in [0.5, 0.6) is 0 Å². The van der Waals surface area contributed by atoms with Crippen molar-refractivity contribution < 1.29 is 14.7 Å². The Morgan fingerprint density at radius 2 is 1.90 bits per heavy atom. The lowest BCUT2D eigenvalue weighted by Gasteiger charge is -2.28. The Balaban J connectivity index is 1.86. The lowest BCUT2D eigenvalue weighted by atomic mass is 9.79. The van der Waals surface area contributed by atoms with E-state index in [0.717, 1.165) is 24.8 Å². The highest BCUT2D eigenvalue weighted by Gasteiger charge is 2.30. The fourth-order valence-electron chi connectivity index (χ4n) is 2.70. The number of aliphatic carboxylic acids is 1. The number of amides is 1. The maximum atomic E-state index is 11.7. The summed E-state index contributed by atoms with van der Waals surface area (Å²) in [5.74, 6) is 3.88. The van der Waals surface area contributed by atoms with Gasteiger partial charge < -0.3 is 10.4 Å². The van der Waals surface area contributed by atoms with Gasteiger partial charge in [0.1, 0.15) is 0 Å². The predicted molar refractivity (Wildman–Crippen MR) is 79.4 cm³/mol. The second kappa shape index (κ2) is 7.49. The average molecular weight is 285 g/mol. The van der Waals surface area contributed by atoms with Crippen molar-refractivity contribution >= 4 is 11.9 Å². The largest absolute Gasteiger partial charge is 0.481 e. The predicted octanol–water partition coefficient (Wildman–Crippen LogP) is 2.05. The molecule has 1 aromatic carbocycles. The first-order valence-corrected chi connectivity index (χ1v) is 7.24. The molecule has 4 heteroatoms. The van der Waals surface area contributed by atoms with E-state index >= 15 is 0 Å². The normalized spacial score (nSPS) is 21.0. The SMILES string of the molecule is O=C(C#Cc1ccccc1)NCC1CCCCC1C(=O)O. The summed E-state index contributed by atoms with van der Waals surface area (Å²) in [5.41, 5.74) is 0.786. The average Bonchev–Trinajstić information content (AvgIpc) is 2.52. The zero-order chi connectivity index (χ0) is 15.1.